The summed E-state index contributed by atoms with van der Waals surface area (Å²) in [6.07, 6.45) is 3.38. The van der Waals surface area contributed by atoms with Gasteiger partial charge in [-0.1, -0.05) is 152 Å². The quantitative estimate of drug-likeness (QED) is 0.189. The Morgan fingerprint density at radius 1 is 0.341 bits per heavy atom. The van der Waals surface area contributed by atoms with Gasteiger partial charge in [-0.05, 0) is 40.7 Å². The molecule has 41 heavy (non-hydrogen) atoms. The van der Waals surface area contributed by atoms with Crippen molar-refractivity contribution in [2.45, 2.75) is 0 Å². The first-order valence-corrected chi connectivity index (χ1v) is 13.5. The molecule has 1 heterocycles. The first-order valence-electron chi connectivity index (χ1n) is 14.0. The van der Waals surface area contributed by atoms with Gasteiger partial charge in [-0.15, -0.1) is 0 Å². The second-order valence-electron chi connectivity index (χ2n) is 9.47. The molecule has 0 atom stereocenters. The molecule has 196 valence electrons. The molecular formula is C39H29FeN+2. The molecule has 2 aliphatic rings. The average molecular weight is 569 g/mol. The van der Waals surface area contributed by atoms with Gasteiger partial charge in [0, 0.05) is 42.7 Å². The number of hydrogen-bond acceptors (Lipinski definition) is 0. The fraction of sp³-hybridized carbons (Fsp3) is 0. The summed E-state index contributed by atoms with van der Waals surface area (Å²) in [5.41, 5.74) is 6.13. The predicted octanol–water partition coefficient (Wildman–Crippen LogP) is 8.45. The molecule has 0 amide bonds. The summed E-state index contributed by atoms with van der Waals surface area (Å²) in [5, 5.41) is 3.58. The molecule has 2 heteroatoms. The maximum atomic E-state index is 6.76. The van der Waals surface area contributed by atoms with E-state index >= 15 is 0 Å². The zero-order valence-electron chi connectivity index (χ0n) is 23.5. The third kappa shape index (κ3) is 6.57. The molecule has 0 N–H and O–H groups in total. The molecule has 0 aromatic heterocycles. The smallest absolute Gasteiger partial charge is 0.231 e. The first kappa shape index (κ1) is 27.7. The van der Waals surface area contributed by atoms with E-state index in [4.69, 9.17) is 1.37 Å². The van der Waals surface area contributed by atoms with E-state index in [1.165, 1.54) is 57.4 Å². The molecule has 0 unspecified atom stereocenters. The van der Waals surface area contributed by atoms with E-state index in [1.807, 2.05) is 0 Å². The van der Waals surface area contributed by atoms with Crippen LogP contribution in [0, 0.1) is 55.5 Å². The molecule has 10 radical (unpaired) electrons. The van der Waals surface area contributed by atoms with Crippen LogP contribution in [0.3, 0.4) is 0 Å². The molecule has 1 saturated heterocycles. The van der Waals surface area contributed by atoms with Crippen molar-refractivity contribution < 1.29 is 18.4 Å². The Morgan fingerprint density at radius 2 is 0.585 bits per heavy atom. The molecule has 0 spiro atoms. The maximum absolute atomic E-state index is 6.76. The Kier molecular flexibility index (Phi) is 9.78. The van der Waals surface area contributed by atoms with Crippen LogP contribution in [0.2, 0.25) is 0 Å². The Bertz CT molecular complexity index is 1200. The molecule has 1 aliphatic heterocycles. The zero-order valence-corrected chi connectivity index (χ0v) is 23.6. The van der Waals surface area contributed by atoms with Gasteiger partial charge in [0.15, 0.2) is 0 Å². The molecule has 7 rings (SSSR count). The normalized spacial score (nSPS) is 17.4. The van der Waals surface area contributed by atoms with Crippen molar-refractivity contribution in [3.63, 3.8) is 0 Å². The van der Waals surface area contributed by atoms with Crippen molar-refractivity contribution in [2.75, 3.05) is 0 Å². The molecule has 0 bridgehead atoms. The van der Waals surface area contributed by atoms with E-state index in [0.717, 1.165) is 0 Å². The Labute approximate surface area is 257 Å². The van der Waals surface area contributed by atoms with Gasteiger partial charge in [0.2, 0.25) is 0 Å². The first-order chi connectivity index (χ1) is 20.3. The van der Waals surface area contributed by atoms with Crippen LogP contribution in [0.15, 0.2) is 152 Å². The standard InChI is InChI=1S/C35H25.C4H4N.Fe/c1-6-16-26(17-7-1)31-32(27-18-8-2-9-19-27)34(29-22-12-4-13-23-29)35(30-24-14-5-15-25-30)33(31)28-20-10-3-11-21-28;1-2-4-5-3-1;/h1-25H;1-4H;/q;;+2/i;3D;. The molecule has 1 aliphatic carbocycles. The van der Waals surface area contributed by atoms with Gasteiger partial charge in [-0.2, -0.15) is 0 Å². The van der Waals surface area contributed by atoms with Crippen LogP contribution in [-0.2, 0) is 17.1 Å². The largest absolute Gasteiger partial charge is 2.00 e. The van der Waals surface area contributed by atoms with Crippen LogP contribution >= 0.6 is 0 Å². The van der Waals surface area contributed by atoms with Crippen LogP contribution in [0.25, 0.3) is 0 Å². The van der Waals surface area contributed by atoms with Crippen molar-refractivity contribution in [3.05, 3.63) is 235 Å². The van der Waals surface area contributed by atoms with Crippen LogP contribution in [0.1, 0.15) is 29.2 Å². The molecule has 2 fully saturated rings. The summed E-state index contributed by atoms with van der Waals surface area (Å²) < 4.78 is 6.76. The van der Waals surface area contributed by atoms with E-state index in [0.29, 0.717) is 6.52 Å². The number of hydrogen-bond donors (Lipinski definition) is 0. The fourth-order valence-electron chi connectivity index (χ4n) is 5.31. The van der Waals surface area contributed by atoms with Gasteiger partial charge in [0.25, 0.3) is 0 Å². The molecule has 1 nitrogen and oxygen atoms in total. The van der Waals surface area contributed by atoms with Gasteiger partial charge >= 0.3 is 17.1 Å². The minimum Gasteiger partial charge on any atom is -0.231 e. The summed E-state index contributed by atoms with van der Waals surface area (Å²) in [7, 11) is 0. The topological polar surface area (TPSA) is 14.1 Å². The van der Waals surface area contributed by atoms with Gasteiger partial charge in [0.1, 0.15) is 0 Å². The van der Waals surface area contributed by atoms with E-state index in [1.54, 1.807) is 19.4 Å². The van der Waals surface area contributed by atoms with Gasteiger partial charge in [-0.25, -0.2) is 5.32 Å². The molecule has 5 aromatic rings. The second-order valence-corrected chi connectivity index (χ2v) is 9.47. The molecule has 1 saturated carbocycles. The van der Waals surface area contributed by atoms with E-state index in [9.17, 15) is 0 Å². The summed E-state index contributed by atoms with van der Waals surface area (Å²) in [6, 6.07) is 54.1. The third-order valence-electron chi connectivity index (χ3n) is 6.97. The molecule has 5 aromatic carbocycles. The summed E-state index contributed by atoms with van der Waals surface area (Å²) in [6.45, 7) is 1.94. The number of nitrogens with zero attached hydrogens (tertiary/aromatic N) is 1. The summed E-state index contributed by atoms with van der Waals surface area (Å²) >= 11 is 0. The van der Waals surface area contributed by atoms with Gasteiger partial charge in [-0.3, -0.25) is 0 Å². The Balaban J connectivity index is 0.000000451. The molecular weight excluding hydrogens is 538 g/mol. The Hall–Kier alpha value is -3.42. The van der Waals surface area contributed by atoms with Gasteiger partial charge < -0.3 is 0 Å². The SMILES string of the molecule is [2H][C]1[CH][CH][CH][N]1.[Fe+2].c1ccc([C]2[C](c3ccccc3)[C](c3ccccc3)[C](c3ccccc3)[C]2c2ccccc2)cc1. The third-order valence-corrected chi connectivity index (χ3v) is 6.97. The van der Waals surface area contributed by atoms with Crippen LogP contribution in [-0.4, -0.2) is 0 Å². The zero-order chi connectivity index (χ0) is 27.9. The summed E-state index contributed by atoms with van der Waals surface area (Å²) in [4.78, 5) is 0. The van der Waals surface area contributed by atoms with Crippen LogP contribution in [0.5, 0.6) is 0 Å². The van der Waals surface area contributed by atoms with E-state index in [2.05, 4.69) is 157 Å². The Morgan fingerprint density at radius 3 is 0.732 bits per heavy atom. The second kappa shape index (κ2) is 14.5. The minimum absolute atomic E-state index is 0. The monoisotopic (exact) mass is 568 g/mol. The van der Waals surface area contributed by atoms with Crippen molar-refractivity contribution in [2.24, 2.45) is 0 Å². The van der Waals surface area contributed by atoms with E-state index < -0.39 is 0 Å². The fourth-order valence-corrected chi connectivity index (χ4v) is 5.31. The maximum Gasteiger partial charge on any atom is 2.00 e. The van der Waals surface area contributed by atoms with Crippen LogP contribution in [0.4, 0.5) is 0 Å². The van der Waals surface area contributed by atoms with Crippen molar-refractivity contribution >= 4 is 0 Å². The van der Waals surface area contributed by atoms with Crippen molar-refractivity contribution in [1.29, 1.82) is 0 Å². The van der Waals surface area contributed by atoms with Gasteiger partial charge in [0.05, 0.1) is 1.37 Å². The van der Waals surface area contributed by atoms with E-state index in [-0.39, 0.29) is 17.1 Å². The van der Waals surface area contributed by atoms with Crippen molar-refractivity contribution in [3.8, 4) is 0 Å². The van der Waals surface area contributed by atoms with Crippen LogP contribution < -0.4 is 5.32 Å². The number of benzene rings is 5. The summed E-state index contributed by atoms with van der Waals surface area (Å²) in [5.74, 6) is 6.39. The average Bonchev–Trinajstić information content (AvgIpc) is 3.68. The number of rotatable bonds is 5. The van der Waals surface area contributed by atoms with Crippen molar-refractivity contribution in [1.82, 2.24) is 5.32 Å². The predicted molar refractivity (Wildman–Crippen MR) is 163 cm³/mol. The minimum atomic E-state index is 0.